The lowest BCUT2D eigenvalue weighted by atomic mass is 10.2. The van der Waals surface area contributed by atoms with Gasteiger partial charge in [-0.2, -0.15) is 4.98 Å². The molecular formula is C12H11ClN4O4. The number of nitrogens with zero attached hydrogens (tertiary/aromatic N) is 4. The van der Waals surface area contributed by atoms with Crippen LogP contribution in [0.5, 0.6) is 0 Å². The zero-order valence-corrected chi connectivity index (χ0v) is 12.0. The number of rotatable bonds is 4. The number of ether oxygens (including phenoxy) is 1. The van der Waals surface area contributed by atoms with E-state index in [2.05, 4.69) is 10.1 Å². The molecule has 0 fully saturated rings. The number of hydrogen-bond donors (Lipinski definition) is 0. The summed E-state index contributed by atoms with van der Waals surface area (Å²) in [5.41, 5.74) is 0.476. The molecule has 0 atom stereocenters. The van der Waals surface area contributed by atoms with Crippen LogP contribution < -0.4 is 0 Å². The van der Waals surface area contributed by atoms with Crippen LogP contribution in [0.2, 0.25) is 5.15 Å². The largest absolute Gasteiger partial charge is 0.463 e. The van der Waals surface area contributed by atoms with Gasteiger partial charge in [0.2, 0.25) is 5.65 Å². The molecule has 0 saturated carbocycles. The number of hydrogen-bond acceptors (Lipinski definition) is 6. The smallest absolute Gasteiger partial charge is 0.376 e. The lowest BCUT2D eigenvalue weighted by Crippen LogP contribution is -2.05. The van der Waals surface area contributed by atoms with Crippen LogP contribution in [0.25, 0.3) is 11.7 Å². The first-order valence-corrected chi connectivity index (χ1v) is 6.37. The highest BCUT2D eigenvalue weighted by Crippen LogP contribution is 2.23. The zero-order valence-electron chi connectivity index (χ0n) is 11.2. The van der Waals surface area contributed by atoms with E-state index in [-0.39, 0.29) is 34.5 Å². The maximum atomic E-state index is 11.6. The monoisotopic (exact) mass is 310 g/mol. The summed E-state index contributed by atoms with van der Waals surface area (Å²) < 4.78 is 5.84. The number of halogens is 1. The quantitative estimate of drug-likeness (QED) is 0.371. The van der Waals surface area contributed by atoms with Crippen LogP contribution in [0.15, 0.2) is 17.7 Å². The Labute approximate surface area is 124 Å². The highest BCUT2D eigenvalue weighted by Gasteiger charge is 2.23. The van der Waals surface area contributed by atoms with Gasteiger partial charge in [-0.25, -0.2) is 4.79 Å². The van der Waals surface area contributed by atoms with Gasteiger partial charge in [-0.05, 0) is 30.9 Å². The van der Waals surface area contributed by atoms with Crippen molar-refractivity contribution in [3.05, 3.63) is 38.7 Å². The molecule has 9 heteroatoms. The van der Waals surface area contributed by atoms with Gasteiger partial charge < -0.3 is 14.9 Å². The van der Waals surface area contributed by atoms with E-state index < -0.39 is 10.9 Å². The number of nitro groups is 1. The fourth-order valence-electron chi connectivity index (χ4n) is 1.69. The molecule has 0 aliphatic heterocycles. The van der Waals surface area contributed by atoms with Crippen LogP contribution in [0.3, 0.4) is 0 Å². The van der Waals surface area contributed by atoms with Gasteiger partial charge >= 0.3 is 11.8 Å². The molecule has 0 spiro atoms. The van der Waals surface area contributed by atoms with Gasteiger partial charge in [0.05, 0.1) is 6.61 Å². The van der Waals surface area contributed by atoms with E-state index in [0.717, 1.165) is 4.52 Å². The number of fused-ring (bicyclic) bond motifs is 1. The van der Waals surface area contributed by atoms with Gasteiger partial charge in [0.1, 0.15) is 0 Å². The van der Waals surface area contributed by atoms with Gasteiger partial charge in [0.25, 0.3) is 0 Å². The molecule has 110 valence electrons. The summed E-state index contributed by atoms with van der Waals surface area (Å²) in [7, 11) is 0. The summed E-state index contributed by atoms with van der Waals surface area (Å²) in [4.78, 5) is 26.2. The lowest BCUT2D eigenvalue weighted by Gasteiger charge is -2.00. The van der Waals surface area contributed by atoms with Gasteiger partial charge in [0.15, 0.2) is 10.8 Å². The Morgan fingerprint density at radius 3 is 2.90 bits per heavy atom. The van der Waals surface area contributed by atoms with Crippen molar-refractivity contribution < 1.29 is 14.5 Å². The summed E-state index contributed by atoms with van der Waals surface area (Å²) >= 11 is 5.73. The molecule has 2 heterocycles. The molecule has 0 amide bonds. The average molecular weight is 311 g/mol. The topological polar surface area (TPSA) is 99.6 Å². The van der Waals surface area contributed by atoms with E-state index >= 15 is 0 Å². The summed E-state index contributed by atoms with van der Waals surface area (Å²) in [6.45, 7) is 3.38. The van der Waals surface area contributed by atoms with Crippen molar-refractivity contribution in [3.8, 4) is 0 Å². The van der Waals surface area contributed by atoms with Gasteiger partial charge in [-0.3, -0.25) is 0 Å². The maximum Gasteiger partial charge on any atom is 0.376 e. The molecule has 0 bridgehead atoms. The number of imidazole rings is 1. The fourth-order valence-corrected chi connectivity index (χ4v) is 1.83. The SMILES string of the molecule is CCOC(=O)/C(C)=C/c1nc2ccc(Cl)nn2c1[N+](=O)[O-]. The Morgan fingerprint density at radius 1 is 1.57 bits per heavy atom. The van der Waals surface area contributed by atoms with Crippen molar-refractivity contribution in [2.24, 2.45) is 0 Å². The normalized spacial score (nSPS) is 11.7. The maximum absolute atomic E-state index is 11.6. The van der Waals surface area contributed by atoms with Crippen LogP contribution >= 0.6 is 11.6 Å². The molecule has 0 aromatic carbocycles. The second-order valence-electron chi connectivity index (χ2n) is 4.05. The van der Waals surface area contributed by atoms with Crippen molar-refractivity contribution in [3.63, 3.8) is 0 Å². The molecule has 2 aromatic rings. The summed E-state index contributed by atoms with van der Waals surface area (Å²) in [6, 6.07) is 2.97. The fraction of sp³-hybridized carbons (Fsp3) is 0.250. The minimum Gasteiger partial charge on any atom is -0.463 e. The van der Waals surface area contributed by atoms with Crippen molar-refractivity contribution >= 4 is 35.1 Å². The number of carbonyl (C=O) groups excluding carboxylic acids is 1. The third-order valence-electron chi connectivity index (χ3n) is 2.57. The molecular weight excluding hydrogens is 300 g/mol. The summed E-state index contributed by atoms with van der Waals surface area (Å²) in [5, 5.41) is 15.1. The third kappa shape index (κ3) is 3.00. The third-order valence-corrected chi connectivity index (χ3v) is 2.77. The Morgan fingerprint density at radius 2 is 2.29 bits per heavy atom. The van der Waals surface area contributed by atoms with E-state index in [1.807, 2.05) is 0 Å². The Bertz CT molecular complexity index is 753. The molecule has 0 radical (unpaired) electrons. The highest BCUT2D eigenvalue weighted by atomic mass is 35.5. The standard InChI is InChI=1S/C12H11ClN4O4/c1-3-21-12(18)7(2)6-8-11(17(19)20)16-10(14-8)5-4-9(13)15-16/h4-6H,3H2,1-2H3/b7-6+. The number of aromatic nitrogens is 3. The lowest BCUT2D eigenvalue weighted by molar-refractivity contribution is -0.391. The Kier molecular flexibility index (Phi) is 4.18. The Balaban J connectivity index is 2.58. The first-order valence-electron chi connectivity index (χ1n) is 5.99. The first kappa shape index (κ1) is 14.9. The minimum atomic E-state index is -0.631. The molecule has 0 aliphatic rings. The number of carbonyl (C=O) groups is 1. The molecule has 0 aliphatic carbocycles. The van der Waals surface area contributed by atoms with Crippen LogP contribution in [-0.4, -0.2) is 32.1 Å². The van der Waals surface area contributed by atoms with Crippen molar-refractivity contribution in [2.45, 2.75) is 13.8 Å². The summed E-state index contributed by atoms with van der Waals surface area (Å²) in [5.74, 6) is -0.925. The van der Waals surface area contributed by atoms with Gasteiger partial charge in [0, 0.05) is 11.6 Å². The molecule has 2 rings (SSSR count). The average Bonchev–Trinajstić information content (AvgIpc) is 2.76. The molecule has 0 saturated heterocycles. The molecule has 21 heavy (non-hydrogen) atoms. The van der Waals surface area contributed by atoms with Gasteiger partial charge in [-0.15, -0.1) is 0 Å². The van der Waals surface area contributed by atoms with Crippen LogP contribution in [0.1, 0.15) is 19.5 Å². The van der Waals surface area contributed by atoms with Crippen LogP contribution in [0, 0.1) is 10.1 Å². The van der Waals surface area contributed by atoms with E-state index in [1.54, 1.807) is 6.92 Å². The predicted molar refractivity (Wildman–Crippen MR) is 74.9 cm³/mol. The van der Waals surface area contributed by atoms with Crippen LogP contribution in [-0.2, 0) is 9.53 Å². The second-order valence-corrected chi connectivity index (χ2v) is 4.44. The van der Waals surface area contributed by atoms with Crippen molar-refractivity contribution in [2.75, 3.05) is 6.61 Å². The molecule has 2 aromatic heterocycles. The Hall–Kier alpha value is -2.48. The van der Waals surface area contributed by atoms with E-state index in [4.69, 9.17) is 16.3 Å². The van der Waals surface area contributed by atoms with Crippen molar-refractivity contribution in [1.29, 1.82) is 0 Å². The minimum absolute atomic E-state index is 0.0142. The van der Waals surface area contributed by atoms with E-state index in [1.165, 1.54) is 25.1 Å². The second kappa shape index (κ2) is 5.88. The van der Waals surface area contributed by atoms with Crippen molar-refractivity contribution in [1.82, 2.24) is 14.6 Å². The summed E-state index contributed by atoms with van der Waals surface area (Å²) in [6.07, 6.45) is 1.29. The van der Waals surface area contributed by atoms with Crippen LogP contribution in [0.4, 0.5) is 5.82 Å². The molecule has 8 nitrogen and oxygen atoms in total. The first-order chi connectivity index (χ1) is 9.93. The molecule has 0 N–H and O–H groups in total. The molecule has 0 unspecified atom stereocenters. The predicted octanol–water partition coefficient (Wildman–Crippen LogP) is 2.26. The zero-order chi connectivity index (χ0) is 15.6. The van der Waals surface area contributed by atoms with Gasteiger partial charge in [-0.1, -0.05) is 21.2 Å². The number of esters is 1. The highest BCUT2D eigenvalue weighted by molar-refractivity contribution is 6.29. The van der Waals surface area contributed by atoms with E-state index in [9.17, 15) is 14.9 Å². The van der Waals surface area contributed by atoms with E-state index in [0.29, 0.717) is 0 Å².